The minimum absolute atomic E-state index is 0.154. The van der Waals surface area contributed by atoms with E-state index in [1.54, 1.807) is 4.90 Å². The van der Waals surface area contributed by atoms with Gasteiger partial charge in [0, 0.05) is 50.1 Å². The summed E-state index contributed by atoms with van der Waals surface area (Å²) in [5.41, 5.74) is 3.38. The van der Waals surface area contributed by atoms with Gasteiger partial charge in [-0.25, -0.2) is 4.98 Å². The molecule has 9 nitrogen and oxygen atoms in total. The molecule has 0 N–H and O–H groups in total. The molecular formula is C29H31ClN8O. The number of nitriles is 1. The molecule has 3 aromatic rings. The van der Waals surface area contributed by atoms with Crippen molar-refractivity contribution in [2.24, 2.45) is 5.41 Å². The van der Waals surface area contributed by atoms with E-state index in [4.69, 9.17) is 16.7 Å². The molecule has 0 atom stereocenters. The zero-order valence-corrected chi connectivity index (χ0v) is 23.2. The van der Waals surface area contributed by atoms with Gasteiger partial charge in [-0.1, -0.05) is 11.6 Å². The van der Waals surface area contributed by atoms with Gasteiger partial charge < -0.3 is 9.80 Å². The van der Waals surface area contributed by atoms with E-state index in [1.807, 2.05) is 45.3 Å². The van der Waals surface area contributed by atoms with Crippen LogP contribution < -0.4 is 4.90 Å². The fourth-order valence-corrected chi connectivity index (χ4v) is 7.18. The number of halogens is 1. The lowest BCUT2D eigenvalue weighted by molar-refractivity contribution is -0.136. The number of hydrogen-bond acceptors (Lipinski definition) is 7. The van der Waals surface area contributed by atoms with Crippen molar-refractivity contribution in [3.8, 4) is 11.8 Å². The van der Waals surface area contributed by atoms with Crippen molar-refractivity contribution in [1.29, 1.82) is 5.26 Å². The molecule has 7 rings (SSSR count). The summed E-state index contributed by atoms with van der Waals surface area (Å²) in [5, 5.41) is 19.3. The second-order valence-corrected chi connectivity index (χ2v) is 12.5. The maximum Gasteiger partial charge on any atom is 0.242 e. The Morgan fingerprint density at radius 2 is 1.90 bits per heavy atom. The van der Waals surface area contributed by atoms with Crippen LogP contribution in [0.15, 0.2) is 30.3 Å². The maximum absolute atomic E-state index is 13.2. The van der Waals surface area contributed by atoms with Crippen molar-refractivity contribution in [1.82, 2.24) is 29.5 Å². The highest BCUT2D eigenvalue weighted by Gasteiger charge is 2.57. The summed E-state index contributed by atoms with van der Waals surface area (Å²) in [5.74, 6) is 3.33. The van der Waals surface area contributed by atoms with Crippen LogP contribution in [0, 0.1) is 23.7 Å². The number of pyridine rings is 1. The van der Waals surface area contributed by atoms with Gasteiger partial charge in [0.05, 0.1) is 23.5 Å². The van der Waals surface area contributed by atoms with E-state index in [2.05, 4.69) is 36.6 Å². The highest BCUT2D eigenvalue weighted by Crippen LogP contribution is 2.57. The fraction of sp³-hybridized carbons (Fsp3) is 0.483. The number of amides is 1. The van der Waals surface area contributed by atoms with Gasteiger partial charge in [-0.3, -0.25) is 14.3 Å². The van der Waals surface area contributed by atoms with Gasteiger partial charge in [-0.05, 0) is 68.5 Å². The minimum Gasteiger partial charge on any atom is -0.355 e. The molecule has 2 aromatic heterocycles. The van der Waals surface area contributed by atoms with Crippen LogP contribution in [0.25, 0.3) is 5.69 Å². The van der Waals surface area contributed by atoms with E-state index >= 15 is 0 Å². The maximum atomic E-state index is 13.2. The smallest absolute Gasteiger partial charge is 0.242 e. The Morgan fingerprint density at radius 3 is 2.56 bits per heavy atom. The number of likely N-dealkylation sites (N-methyl/N-ethyl adjacent to an activating group) is 1. The van der Waals surface area contributed by atoms with E-state index in [1.165, 1.54) is 0 Å². The third-order valence-corrected chi connectivity index (χ3v) is 9.39. The Balaban J connectivity index is 1.14. The summed E-state index contributed by atoms with van der Waals surface area (Å²) >= 11 is 6.46. The Hall–Kier alpha value is -3.48. The molecule has 39 heavy (non-hydrogen) atoms. The zero-order chi connectivity index (χ0) is 27.1. The first-order chi connectivity index (χ1) is 18.7. The molecule has 1 spiro atoms. The molecule has 0 radical (unpaired) electrons. The molecule has 10 heteroatoms. The summed E-state index contributed by atoms with van der Waals surface area (Å²) in [6, 6.07) is 12.0. The summed E-state index contributed by atoms with van der Waals surface area (Å²) in [6.07, 6.45) is 3.84. The second-order valence-electron chi connectivity index (χ2n) is 12.0. The van der Waals surface area contributed by atoms with Crippen LogP contribution in [0.2, 0.25) is 5.02 Å². The highest BCUT2D eigenvalue weighted by molar-refractivity contribution is 6.30. The van der Waals surface area contributed by atoms with Gasteiger partial charge in [0.2, 0.25) is 5.91 Å². The predicted molar refractivity (Wildman–Crippen MR) is 147 cm³/mol. The van der Waals surface area contributed by atoms with Crippen LogP contribution >= 0.6 is 11.6 Å². The van der Waals surface area contributed by atoms with Crippen LogP contribution in [-0.4, -0.2) is 68.2 Å². The lowest BCUT2D eigenvalue weighted by Crippen LogP contribution is -2.62. The van der Waals surface area contributed by atoms with Crippen molar-refractivity contribution in [2.45, 2.75) is 57.2 Å². The van der Waals surface area contributed by atoms with Gasteiger partial charge in [-0.15, -0.1) is 10.2 Å². The number of hydrogen-bond donors (Lipinski definition) is 0. The largest absolute Gasteiger partial charge is 0.355 e. The second kappa shape index (κ2) is 8.51. The Kier molecular flexibility index (Phi) is 5.36. The van der Waals surface area contributed by atoms with E-state index in [0.717, 1.165) is 73.2 Å². The molecule has 2 aliphatic carbocycles. The van der Waals surface area contributed by atoms with Crippen LogP contribution in [0.3, 0.4) is 0 Å². The Bertz CT molecular complexity index is 1540. The number of anilines is 1. The standard InChI is InChI=1S/C29H31ClN8O/c1-18-19(13-31)4-7-24(32-18)36-16-28(17-36)11-21(12-28)26-34-33-25-15-37(29(8-9-29)27(39)35(2)3)14-20-10-22(30)5-6-23(20)38(25)26/h4-7,10,21H,8-9,11-12,14-17H2,1-3H3. The summed E-state index contributed by atoms with van der Waals surface area (Å²) in [4.78, 5) is 24.1. The number of carbonyl (C=O) groups excluding carboxylic acids is 1. The first-order valence-electron chi connectivity index (χ1n) is 13.5. The molecule has 1 aromatic carbocycles. The van der Waals surface area contributed by atoms with Gasteiger partial charge in [0.1, 0.15) is 23.3 Å². The van der Waals surface area contributed by atoms with Crippen molar-refractivity contribution >= 4 is 23.3 Å². The first kappa shape index (κ1) is 24.6. The minimum atomic E-state index is -0.474. The molecule has 2 saturated carbocycles. The van der Waals surface area contributed by atoms with Gasteiger partial charge >= 0.3 is 0 Å². The number of aromatic nitrogens is 4. The SMILES string of the molecule is Cc1nc(N2CC3(CC(c4nnc5n4-c4ccc(Cl)cc4CN(C4(C(=O)N(C)C)CC4)C5)C3)C2)ccc1C#N. The van der Waals surface area contributed by atoms with Crippen molar-refractivity contribution in [2.75, 3.05) is 32.1 Å². The normalized spacial score (nSPS) is 20.7. The lowest BCUT2D eigenvalue weighted by Gasteiger charge is -2.59. The van der Waals surface area contributed by atoms with Crippen molar-refractivity contribution in [3.63, 3.8) is 0 Å². The van der Waals surface area contributed by atoms with Crippen LogP contribution in [0.5, 0.6) is 0 Å². The molecular weight excluding hydrogens is 512 g/mol. The number of fused-ring (bicyclic) bond motifs is 3. The number of benzene rings is 1. The summed E-state index contributed by atoms with van der Waals surface area (Å²) in [6.45, 7) is 5.06. The monoisotopic (exact) mass is 542 g/mol. The van der Waals surface area contributed by atoms with E-state index in [0.29, 0.717) is 29.6 Å². The Morgan fingerprint density at radius 1 is 1.13 bits per heavy atom. The van der Waals surface area contributed by atoms with Gasteiger partial charge in [0.25, 0.3) is 0 Å². The average Bonchev–Trinajstić information content (AvgIpc) is 3.60. The summed E-state index contributed by atoms with van der Waals surface area (Å²) in [7, 11) is 3.66. The molecule has 0 bridgehead atoms. The van der Waals surface area contributed by atoms with Gasteiger partial charge in [0.15, 0.2) is 5.82 Å². The number of nitrogens with zero attached hydrogens (tertiary/aromatic N) is 8. The zero-order valence-electron chi connectivity index (χ0n) is 22.5. The van der Waals surface area contributed by atoms with Crippen LogP contribution in [-0.2, 0) is 17.9 Å². The predicted octanol–water partition coefficient (Wildman–Crippen LogP) is 3.82. The highest BCUT2D eigenvalue weighted by atomic mass is 35.5. The quantitative estimate of drug-likeness (QED) is 0.494. The molecule has 200 valence electrons. The topological polar surface area (TPSA) is 94.2 Å². The molecule has 2 aliphatic heterocycles. The molecule has 0 unspecified atom stereocenters. The first-order valence-corrected chi connectivity index (χ1v) is 13.9. The average molecular weight is 543 g/mol. The van der Waals surface area contributed by atoms with Crippen LogP contribution in [0.1, 0.15) is 60.1 Å². The number of aryl methyl sites for hydroxylation is 1. The molecule has 3 fully saturated rings. The van der Waals surface area contributed by atoms with E-state index in [-0.39, 0.29) is 11.3 Å². The Labute approximate surface area is 233 Å². The van der Waals surface area contributed by atoms with Crippen LogP contribution in [0.4, 0.5) is 5.82 Å². The van der Waals surface area contributed by atoms with E-state index in [9.17, 15) is 10.1 Å². The summed E-state index contributed by atoms with van der Waals surface area (Å²) < 4.78 is 2.24. The number of rotatable bonds is 4. The van der Waals surface area contributed by atoms with E-state index < -0.39 is 5.54 Å². The fourth-order valence-electron chi connectivity index (χ4n) is 6.99. The molecule has 1 amide bonds. The molecule has 4 aliphatic rings. The lowest BCUT2D eigenvalue weighted by atomic mass is 9.57. The number of carbonyl (C=O) groups is 1. The van der Waals surface area contributed by atoms with Gasteiger partial charge in [-0.2, -0.15) is 5.26 Å². The van der Waals surface area contributed by atoms with Crippen molar-refractivity contribution in [3.05, 3.63) is 63.8 Å². The third kappa shape index (κ3) is 3.76. The van der Waals surface area contributed by atoms with Crippen molar-refractivity contribution < 1.29 is 4.79 Å². The molecule has 4 heterocycles. The molecule has 1 saturated heterocycles. The third-order valence-electron chi connectivity index (χ3n) is 9.16.